The van der Waals surface area contributed by atoms with Crippen molar-refractivity contribution in [3.63, 3.8) is 0 Å². The second kappa shape index (κ2) is 6.55. The Morgan fingerprint density at radius 3 is 2.73 bits per heavy atom. The van der Waals surface area contributed by atoms with E-state index < -0.39 is 16.0 Å². The van der Waals surface area contributed by atoms with E-state index >= 15 is 0 Å². The van der Waals surface area contributed by atoms with Crippen LogP contribution in [0, 0.1) is 6.92 Å². The maximum atomic E-state index is 12.4. The highest BCUT2D eigenvalue weighted by Gasteiger charge is 2.23. The van der Waals surface area contributed by atoms with Crippen LogP contribution in [0.3, 0.4) is 0 Å². The number of rotatable bonds is 6. The lowest BCUT2D eigenvalue weighted by molar-refractivity contribution is 0.0692. The molecule has 0 bridgehead atoms. The number of carbonyl (C=O) groups is 1. The minimum atomic E-state index is -3.92. The van der Waals surface area contributed by atoms with Crippen molar-refractivity contribution < 1.29 is 18.3 Å². The second-order valence-corrected chi connectivity index (χ2v) is 7.59. The first-order chi connectivity index (χ1) is 10.3. The molecule has 118 valence electrons. The number of aryl methyl sites for hydroxylation is 2. The molecule has 2 aromatic rings. The van der Waals surface area contributed by atoms with E-state index in [2.05, 4.69) is 9.71 Å². The van der Waals surface area contributed by atoms with Crippen molar-refractivity contribution in [3.05, 3.63) is 45.4 Å². The number of hydrogen-bond donors (Lipinski definition) is 2. The molecule has 0 radical (unpaired) electrons. The molecule has 2 N–H and O–H groups in total. The highest BCUT2D eigenvalue weighted by atomic mass is 32.2. The molecule has 0 saturated heterocycles. The minimum absolute atomic E-state index is 0.0417. The maximum Gasteiger partial charge on any atom is 0.337 e. The Labute approximate surface area is 132 Å². The van der Waals surface area contributed by atoms with Crippen molar-refractivity contribution in [2.24, 2.45) is 0 Å². The Bertz CT molecular complexity index is 797. The SMILES string of the molecule is CCc1cnc(CNS(=O)(=O)c2cccc(C)c2C(=O)O)s1. The van der Waals surface area contributed by atoms with Crippen molar-refractivity contribution in [2.75, 3.05) is 0 Å². The third-order valence-electron chi connectivity index (χ3n) is 3.10. The van der Waals surface area contributed by atoms with Crippen LogP contribution in [0.4, 0.5) is 0 Å². The van der Waals surface area contributed by atoms with Gasteiger partial charge in [0.15, 0.2) is 0 Å². The Hall–Kier alpha value is -1.77. The summed E-state index contributed by atoms with van der Waals surface area (Å²) in [6.45, 7) is 3.60. The fraction of sp³-hybridized carbons (Fsp3) is 0.286. The monoisotopic (exact) mass is 340 g/mol. The molecule has 1 heterocycles. The summed E-state index contributed by atoms with van der Waals surface area (Å²) in [6.07, 6.45) is 2.55. The van der Waals surface area contributed by atoms with E-state index in [1.807, 2.05) is 6.92 Å². The van der Waals surface area contributed by atoms with E-state index in [0.717, 1.165) is 11.3 Å². The Morgan fingerprint density at radius 2 is 2.14 bits per heavy atom. The zero-order valence-electron chi connectivity index (χ0n) is 12.2. The van der Waals surface area contributed by atoms with Crippen molar-refractivity contribution in [3.8, 4) is 0 Å². The fourth-order valence-electron chi connectivity index (χ4n) is 1.97. The first-order valence-corrected chi connectivity index (χ1v) is 8.91. The molecule has 0 aliphatic carbocycles. The summed E-state index contributed by atoms with van der Waals surface area (Å²) >= 11 is 1.43. The summed E-state index contributed by atoms with van der Waals surface area (Å²) in [5, 5.41) is 9.87. The summed E-state index contributed by atoms with van der Waals surface area (Å²) in [4.78, 5) is 16.3. The average Bonchev–Trinajstić information content (AvgIpc) is 2.92. The summed E-state index contributed by atoms with van der Waals surface area (Å²) < 4.78 is 27.1. The lowest BCUT2D eigenvalue weighted by atomic mass is 10.1. The zero-order valence-corrected chi connectivity index (χ0v) is 13.8. The Morgan fingerprint density at radius 1 is 1.41 bits per heavy atom. The molecule has 22 heavy (non-hydrogen) atoms. The quantitative estimate of drug-likeness (QED) is 0.840. The van der Waals surface area contributed by atoms with Gasteiger partial charge >= 0.3 is 5.97 Å². The molecule has 8 heteroatoms. The predicted molar refractivity (Wildman–Crippen MR) is 83.7 cm³/mol. The molecular weight excluding hydrogens is 324 g/mol. The van der Waals surface area contributed by atoms with Gasteiger partial charge in [0.05, 0.1) is 17.0 Å². The van der Waals surface area contributed by atoms with Gasteiger partial charge in [0.2, 0.25) is 10.0 Å². The van der Waals surface area contributed by atoms with Crippen LogP contribution >= 0.6 is 11.3 Å². The van der Waals surface area contributed by atoms with Gasteiger partial charge in [-0.1, -0.05) is 19.1 Å². The molecule has 0 aliphatic heterocycles. The number of nitrogens with zero attached hydrogens (tertiary/aromatic N) is 1. The second-order valence-electron chi connectivity index (χ2n) is 4.65. The molecule has 0 aliphatic rings. The standard InChI is InChI=1S/C14H16N2O4S2/c1-3-10-7-15-12(21-10)8-16-22(19,20)11-6-4-5-9(2)13(11)14(17)18/h4-7,16H,3,8H2,1-2H3,(H,17,18). The number of carboxylic acids is 1. The molecule has 2 rings (SSSR count). The van der Waals surface area contributed by atoms with E-state index in [0.29, 0.717) is 10.6 Å². The maximum absolute atomic E-state index is 12.4. The van der Waals surface area contributed by atoms with Gasteiger partial charge in [-0.05, 0) is 25.0 Å². The number of nitrogens with one attached hydrogen (secondary N) is 1. The molecular formula is C14H16N2O4S2. The number of aromatic nitrogens is 1. The van der Waals surface area contributed by atoms with Gasteiger partial charge in [-0.2, -0.15) is 0 Å². The topological polar surface area (TPSA) is 96.4 Å². The largest absolute Gasteiger partial charge is 0.478 e. The number of carboxylic acid groups (broad SMARTS) is 1. The van der Waals surface area contributed by atoms with Gasteiger partial charge in [0.25, 0.3) is 0 Å². The van der Waals surface area contributed by atoms with E-state index in [9.17, 15) is 18.3 Å². The van der Waals surface area contributed by atoms with E-state index in [1.165, 1.54) is 23.5 Å². The highest BCUT2D eigenvalue weighted by molar-refractivity contribution is 7.89. The third kappa shape index (κ3) is 3.52. The number of benzene rings is 1. The molecule has 0 spiro atoms. The number of sulfonamides is 1. The van der Waals surface area contributed by atoms with E-state index in [-0.39, 0.29) is 17.0 Å². The molecule has 0 fully saturated rings. The molecule has 1 aromatic heterocycles. The van der Waals surface area contributed by atoms with E-state index in [4.69, 9.17) is 0 Å². The summed E-state index contributed by atoms with van der Waals surface area (Å²) in [5.41, 5.74) is 0.196. The summed E-state index contributed by atoms with van der Waals surface area (Å²) in [6, 6.07) is 4.38. The summed E-state index contributed by atoms with van der Waals surface area (Å²) in [7, 11) is -3.92. The minimum Gasteiger partial charge on any atom is -0.478 e. The Balaban J connectivity index is 2.27. The van der Waals surface area contributed by atoms with Crippen LogP contribution in [-0.4, -0.2) is 24.5 Å². The lowest BCUT2D eigenvalue weighted by Gasteiger charge is -2.10. The van der Waals surface area contributed by atoms with Gasteiger partial charge in [0.1, 0.15) is 5.01 Å². The first-order valence-electron chi connectivity index (χ1n) is 6.61. The molecule has 6 nitrogen and oxygen atoms in total. The predicted octanol–water partition coefficient (Wildman–Crippen LogP) is 2.19. The normalized spacial score (nSPS) is 11.5. The van der Waals surface area contributed by atoms with Crippen LogP contribution in [0.15, 0.2) is 29.3 Å². The molecule has 0 amide bonds. The number of aromatic carboxylic acids is 1. The molecule has 0 saturated carbocycles. The van der Waals surface area contributed by atoms with Gasteiger partial charge in [-0.3, -0.25) is 0 Å². The van der Waals surface area contributed by atoms with Crippen LogP contribution in [0.2, 0.25) is 0 Å². The van der Waals surface area contributed by atoms with Gasteiger partial charge < -0.3 is 5.11 Å². The average molecular weight is 340 g/mol. The van der Waals surface area contributed by atoms with Gasteiger partial charge in [-0.15, -0.1) is 11.3 Å². The van der Waals surface area contributed by atoms with Crippen LogP contribution in [-0.2, 0) is 23.0 Å². The van der Waals surface area contributed by atoms with Crippen LogP contribution in [0.5, 0.6) is 0 Å². The van der Waals surface area contributed by atoms with Crippen molar-refractivity contribution >= 4 is 27.3 Å². The number of hydrogen-bond acceptors (Lipinski definition) is 5. The zero-order chi connectivity index (χ0) is 16.3. The fourth-order valence-corrected chi connectivity index (χ4v) is 4.12. The molecule has 0 unspecified atom stereocenters. The van der Waals surface area contributed by atoms with Gasteiger partial charge in [-0.25, -0.2) is 22.9 Å². The molecule has 0 atom stereocenters. The number of thiazole rings is 1. The van der Waals surface area contributed by atoms with Crippen LogP contribution < -0.4 is 4.72 Å². The van der Waals surface area contributed by atoms with Crippen LogP contribution in [0.25, 0.3) is 0 Å². The highest BCUT2D eigenvalue weighted by Crippen LogP contribution is 2.20. The van der Waals surface area contributed by atoms with E-state index in [1.54, 1.807) is 19.2 Å². The van der Waals surface area contributed by atoms with Crippen LogP contribution in [0.1, 0.15) is 32.7 Å². The smallest absolute Gasteiger partial charge is 0.337 e. The lowest BCUT2D eigenvalue weighted by Crippen LogP contribution is -2.25. The Kier molecular flexibility index (Phi) is 4.94. The third-order valence-corrected chi connectivity index (χ3v) is 5.69. The summed E-state index contributed by atoms with van der Waals surface area (Å²) in [5.74, 6) is -1.26. The molecule has 1 aromatic carbocycles. The van der Waals surface area contributed by atoms with Crippen molar-refractivity contribution in [1.29, 1.82) is 0 Å². The van der Waals surface area contributed by atoms with Gasteiger partial charge in [0, 0.05) is 11.1 Å². The first kappa shape index (κ1) is 16.6. The van der Waals surface area contributed by atoms with Crippen molar-refractivity contribution in [2.45, 2.75) is 31.7 Å². The van der Waals surface area contributed by atoms with Crippen molar-refractivity contribution in [1.82, 2.24) is 9.71 Å².